The fourth-order valence-corrected chi connectivity index (χ4v) is 2.33. The number of carboxylic acids is 1. The summed E-state index contributed by atoms with van der Waals surface area (Å²) in [6, 6.07) is 1.64. The zero-order valence-electron chi connectivity index (χ0n) is 10.9. The highest BCUT2D eigenvalue weighted by Crippen LogP contribution is 2.13. The standard InChI is InChI=1S/C12H13N3O4S/c1-12(2,11(18)19)14-8(16)5-15-6-13-9-7(10(15)17)3-4-20-9/h3-4,6H,5H2,1-2H3,(H,14,16)(H,18,19). The van der Waals surface area contributed by atoms with E-state index in [1.54, 1.807) is 11.4 Å². The summed E-state index contributed by atoms with van der Waals surface area (Å²) in [5.41, 5.74) is -1.71. The maximum absolute atomic E-state index is 12.1. The van der Waals surface area contributed by atoms with Gasteiger partial charge in [0.25, 0.3) is 5.56 Å². The van der Waals surface area contributed by atoms with Crippen molar-refractivity contribution in [2.45, 2.75) is 25.9 Å². The number of nitrogens with one attached hydrogen (secondary N) is 1. The predicted octanol–water partition coefficient (Wildman–Crippen LogP) is 0.437. The Balaban J connectivity index is 2.20. The fourth-order valence-electron chi connectivity index (χ4n) is 1.60. The third kappa shape index (κ3) is 2.69. The Morgan fingerprint density at radius 3 is 2.85 bits per heavy atom. The average Bonchev–Trinajstić information content (AvgIpc) is 2.81. The van der Waals surface area contributed by atoms with Crippen molar-refractivity contribution in [3.8, 4) is 0 Å². The molecule has 0 bridgehead atoms. The van der Waals surface area contributed by atoms with E-state index in [1.807, 2.05) is 0 Å². The van der Waals surface area contributed by atoms with E-state index in [0.29, 0.717) is 10.2 Å². The minimum absolute atomic E-state index is 0.270. The molecule has 0 aromatic carbocycles. The number of carbonyl (C=O) groups excluding carboxylic acids is 1. The molecule has 0 radical (unpaired) electrons. The largest absolute Gasteiger partial charge is 0.480 e. The summed E-state index contributed by atoms with van der Waals surface area (Å²) >= 11 is 1.34. The van der Waals surface area contributed by atoms with E-state index in [-0.39, 0.29) is 12.1 Å². The quantitative estimate of drug-likeness (QED) is 0.852. The summed E-state index contributed by atoms with van der Waals surface area (Å²) in [5.74, 6) is -1.71. The van der Waals surface area contributed by atoms with Crippen LogP contribution in [0, 0.1) is 0 Å². The van der Waals surface area contributed by atoms with Gasteiger partial charge in [0.15, 0.2) is 0 Å². The van der Waals surface area contributed by atoms with Crippen LogP contribution in [0.4, 0.5) is 0 Å². The van der Waals surface area contributed by atoms with Crippen LogP contribution < -0.4 is 10.9 Å². The second-order valence-electron chi connectivity index (χ2n) is 4.80. The molecule has 8 heteroatoms. The molecular formula is C12H13N3O4S. The SMILES string of the molecule is CC(C)(NC(=O)Cn1cnc2sccc2c1=O)C(=O)O. The summed E-state index contributed by atoms with van der Waals surface area (Å²) in [7, 11) is 0. The van der Waals surface area contributed by atoms with Gasteiger partial charge >= 0.3 is 5.97 Å². The number of amides is 1. The van der Waals surface area contributed by atoms with Gasteiger partial charge in [-0.3, -0.25) is 14.2 Å². The van der Waals surface area contributed by atoms with E-state index < -0.39 is 17.4 Å². The Bertz CT molecular complexity index is 732. The molecule has 0 atom stereocenters. The van der Waals surface area contributed by atoms with Crippen LogP contribution in [0.15, 0.2) is 22.6 Å². The summed E-state index contributed by atoms with van der Waals surface area (Å²) in [6.07, 6.45) is 1.29. The first-order chi connectivity index (χ1) is 9.31. The van der Waals surface area contributed by atoms with Gasteiger partial charge in [-0.15, -0.1) is 11.3 Å². The number of hydrogen-bond donors (Lipinski definition) is 2. The highest BCUT2D eigenvalue weighted by Gasteiger charge is 2.28. The molecule has 20 heavy (non-hydrogen) atoms. The Kier molecular flexibility index (Phi) is 3.58. The number of aliphatic carboxylic acids is 1. The summed E-state index contributed by atoms with van der Waals surface area (Å²) < 4.78 is 1.16. The van der Waals surface area contributed by atoms with Crippen molar-refractivity contribution in [1.82, 2.24) is 14.9 Å². The number of fused-ring (bicyclic) bond motifs is 1. The molecule has 0 fully saturated rings. The Hall–Kier alpha value is -2.22. The monoisotopic (exact) mass is 295 g/mol. The molecule has 2 heterocycles. The predicted molar refractivity (Wildman–Crippen MR) is 73.7 cm³/mol. The van der Waals surface area contributed by atoms with Gasteiger partial charge in [0.2, 0.25) is 5.91 Å². The van der Waals surface area contributed by atoms with Crippen molar-refractivity contribution >= 4 is 33.4 Å². The van der Waals surface area contributed by atoms with E-state index in [9.17, 15) is 14.4 Å². The molecule has 0 saturated heterocycles. The number of hydrogen-bond acceptors (Lipinski definition) is 5. The van der Waals surface area contributed by atoms with Gasteiger partial charge in [0.05, 0.1) is 11.7 Å². The van der Waals surface area contributed by atoms with Crippen molar-refractivity contribution in [2.75, 3.05) is 0 Å². The molecule has 106 valence electrons. The molecule has 0 aliphatic rings. The maximum atomic E-state index is 12.1. The number of carboxylic acid groups (broad SMARTS) is 1. The third-order valence-corrected chi connectivity index (χ3v) is 3.57. The van der Waals surface area contributed by atoms with Crippen molar-refractivity contribution in [2.24, 2.45) is 0 Å². The smallest absolute Gasteiger partial charge is 0.328 e. The molecule has 0 saturated carbocycles. The Morgan fingerprint density at radius 1 is 1.50 bits per heavy atom. The first-order valence-electron chi connectivity index (χ1n) is 5.78. The molecule has 7 nitrogen and oxygen atoms in total. The van der Waals surface area contributed by atoms with Crippen LogP contribution in [0.25, 0.3) is 10.2 Å². The van der Waals surface area contributed by atoms with Crippen molar-refractivity contribution in [3.63, 3.8) is 0 Å². The normalized spacial score (nSPS) is 11.5. The van der Waals surface area contributed by atoms with Crippen LogP contribution in [0.2, 0.25) is 0 Å². The van der Waals surface area contributed by atoms with E-state index in [4.69, 9.17) is 5.11 Å². The number of nitrogens with zero attached hydrogens (tertiary/aromatic N) is 2. The fraction of sp³-hybridized carbons (Fsp3) is 0.333. The summed E-state index contributed by atoms with van der Waals surface area (Å²) in [5, 5.41) is 13.5. The topological polar surface area (TPSA) is 101 Å². The summed E-state index contributed by atoms with van der Waals surface area (Å²) in [4.78, 5) is 39.5. The van der Waals surface area contributed by atoms with Crippen molar-refractivity contribution in [1.29, 1.82) is 0 Å². The molecule has 2 aromatic heterocycles. The highest BCUT2D eigenvalue weighted by atomic mass is 32.1. The lowest BCUT2D eigenvalue weighted by atomic mass is 10.1. The molecule has 0 unspecified atom stereocenters. The van der Waals surface area contributed by atoms with Gasteiger partial charge in [-0.2, -0.15) is 0 Å². The third-order valence-electron chi connectivity index (χ3n) is 2.75. The molecule has 0 aliphatic heterocycles. The summed E-state index contributed by atoms with van der Waals surface area (Å²) in [6.45, 7) is 2.47. The molecular weight excluding hydrogens is 282 g/mol. The van der Waals surface area contributed by atoms with Crippen LogP contribution in [-0.2, 0) is 16.1 Å². The van der Waals surface area contributed by atoms with Crippen LogP contribution in [0.5, 0.6) is 0 Å². The minimum atomic E-state index is -1.39. The van der Waals surface area contributed by atoms with Crippen LogP contribution in [0.3, 0.4) is 0 Å². The zero-order chi connectivity index (χ0) is 14.9. The maximum Gasteiger partial charge on any atom is 0.328 e. The van der Waals surface area contributed by atoms with E-state index in [1.165, 1.54) is 31.5 Å². The van der Waals surface area contributed by atoms with Gasteiger partial charge in [0.1, 0.15) is 16.9 Å². The van der Waals surface area contributed by atoms with Gasteiger partial charge in [0, 0.05) is 0 Å². The molecule has 2 N–H and O–H groups in total. The van der Waals surface area contributed by atoms with Crippen LogP contribution >= 0.6 is 11.3 Å². The van der Waals surface area contributed by atoms with Gasteiger partial charge in [-0.05, 0) is 25.3 Å². The van der Waals surface area contributed by atoms with Gasteiger partial charge < -0.3 is 10.4 Å². The molecule has 0 spiro atoms. The van der Waals surface area contributed by atoms with Gasteiger partial charge in [-0.1, -0.05) is 0 Å². The molecule has 2 rings (SSSR count). The lowest BCUT2D eigenvalue weighted by Gasteiger charge is -2.21. The average molecular weight is 295 g/mol. The first-order valence-corrected chi connectivity index (χ1v) is 6.66. The van der Waals surface area contributed by atoms with Crippen LogP contribution in [0.1, 0.15) is 13.8 Å². The second kappa shape index (κ2) is 5.04. The Labute approximate surface area is 117 Å². The van der Waals surface area contributed by atoms with Crippen LogP contribution in [-0.4, -0.2) is 32.1 Å². The van der Waals surface area contributed by atoms with E-state index in [2.05, 4.69) is 10.3 Å². The van der Waals surface area contributed by atoms with E-state index in [0.717, 1.165) is 4.57 Å². The Morgan fingerprint density at radius 2 is 2.20 bits per heavy atom. The van der Waals surface area contributed by atoms with Gasteiger partial charge in [-0.25, -0.2) is 9.78 Å². The molecule has 0 aliphatic carbocycles. The van der Waals surface area contributed by atoms with Crippen molar-refractivity contribution in [3.05, 3.63) is 28.1 Å². The highest BCUT2D eigenvalue weighted by molar-refractivity contribution is 7.16. The zero-order valence-corrected chi connectivity index (χ0v) is 11.7. The minimum Gasteiger partial charge on any atom is -0.480 e. The van der Waals surface area contributed by atoms with Crippen molar-refractivity contribution < 1.29 is 14.7 Å². The molecule has 2 aromatic rings. The number of carbonyl (C=O) groups is 2. The first kappa shape index (κ1) is 14.2. The van der Waals surface area contributed by atoms with E-state index >= 15 is 0 Å². The number of thiophene rings is 1. The lowest BCUT2D eigenvalue weighted by molar-refractivity contribution is -0.146. The number of aromatic nitrogens is 2. The second-order valence-corrected chi connectivity index (χ2v) is 5.69. The number of rotatable bonds is 4. The molecule has 1 amide bonds. The lowest BCUT2D eigenvalue weighted by Crippen LogP contribution is -2.51.